The Morgan fingerprint density at radius 2 is 2.00 bits per heavy atom. The van der Waals surface area contributed by atoms with Crippen molar-refractivity contribution in [2.45, 2.75) is 25.7 Å². The van der Waals surface area contributed by atoms with Gasteiger partial charge in [-0.25, -0.2) is 13.1 Å². The van der Waals surface area contributed by atoms with Crippen molar-refractivity contribution in [3.05, 3.63) is 0 Å². The number of unbranched alkanes of at least 4 members (excludes halogenated alkanes) is 1. The van der Waals surface area contributed by atoms with Gasteiger partial charge in [0.1, 0.15) is 0 Å². The zero-order chi connectivity index (χ0) is 9.73. The largest absolute Gasteiger partial charge is 0.330 e. The molecule has 0 heterocycles. The third-order valence-electron chi connectivity index (χ3n) is 2.16. The van der Waals surface area contributed by atoms with E-state index in [1.807, 2.05) is 0 Å². The fourth-order valence-electron chi connectivity index (χ4n) is 1.08. The molecule has 78 valence electrons. The van der Waals surface area contributed by atoms with Crippen LogP contribution in [0.5, 0.6) is 0 Å². The molecule has 1 rings (SSSR count). The van der Waals surface area contributed by atoms with Gasteiger partial charge in [-0.3, -0.25) is 0 Å². The summed E-state index contributed by atoms with van der Waals surface area (Å²) in [6, 6.07) is 0. The van der Waals surface area contributed by atoms with Gasteiger partial charge in [0.05, 0.1) is 5.75 Å². The molecule has 1 aliphatic carbocycles. The van der Waals surface area contributed by atoms with Crippen LogP contribution in [0.2, 0.25) is 0 Å². The number of nitrogens with one attached hydrogen (secondary N) is 1. The molecular weight excluding hydrogens is 188 g/mol. The molecule has 4 nitrogen and oxygen atoms in total. The molecule has 0 aliphatic heterocycles. The Kier molecular flexibility index (Phi) is 4.15. The maximum atomic E-state index is 11.3. The highest BCUT2D eigenvalue weighted by atomic mass is 32.2. The van der Waals surface area contributed by atoms with Gasteiger partial charge >= 0.3 is 0 Å². The van der Waals surface area contributed by atoms with Crippen molar-refractivity contribution in [2.75, 3.05) is 18.8 Å². The summed E-state index contributed by atoms with van der Waals surface area (Å²) in [5.41, 5.74) is 5.27. The maximum Gasteiger partial charge on any atom is 0.211 e. The van der Waals surface area contributed by atoms with Crippen molar-refractivity contribution in [1.82, 2.24) is 4.72 Å². The topological polar surface area (TPSA) is 72.2 Å². The fourth-order valence-corrected chi connectivity index (χ4v) is 2.29. The lowest BCUT2D eigenvalue weighted by Crippen LogP contribution is -2.28. The third-order valence-corrected chi connectivity index (χ3v) is 3.59. The summed E-state index contributed by atoms with van der Waals surface area (Å²) < 4.78 is 25.2. The molecule has 0 aromatic carbocycles. The molecule has 0 bridgehead atoms. The van der Waals surface area contributed by atoms with Gasteiger partial charge < -0.3 is 5.73 Å². The molecule has 3 N–H and O–H groups in total. The first-order valence-corrected chi connectivity index (χ1v) is 6.46. The molecule has 0 spiro atoms. The molecule has 0 atom stereocenters. The minimum atomic E-state index is -3.01. The molecule has 0 aromatic rings. The second kappa shape index (κ2) is 4.93. The Labute approximate surface area is 79.9 Å². The normalized spacial score (nSPS) is 17.6. The van der Waals surface area contributed by atoms with Gasteiger partial charge in [0.15, 0.2) is 0 Å². The van der Waals surface area contributed by atoms with Crippen LogP contribution in [0.15, 0.2) is 0 Å². The predicted molar refractivity (Wildman–Crippen MR) is 52.8 cm³/mol. The molecule has 0 amide bonds. The number of nitrogens with two attached hydrogens (primary N) is 1. The number of sulfonamides is 1. The zero-order valence-corrected chi connectivity index (χ0v) is 8.65. The highest BCUT2D eigenvalue weighted by molar-refractivity contribution is 7.89. The molecule has 1 fully saturated rings. The second-order valence-electron chi connectivity index (χ2n) is 3.61. The van der Waals surface area contributed by atoms with E-state index < -0.39 is 10.0 Å². The molecule has 1 saturated carbocycles. The standard InChI is InChI=1S/C8H18N2O2S/c9-5-1-2-6-13(11,12)10-7-8-3-4-8/h8,10H,1-7,9H2. The lowest BCUT2D eigenvalue weighted by molar-refractivity contribution is 0.573. The first-order valence-electron chi connectivity index (χ1n) is 4.81. The predicted octanol–water partition coefficient (Wildman–Crippen LogP) is 0.0547. The van der Waals surface area contributed by atoms with E-state index >= 15 is 0 Å². The summed E-state index contributed by atoms with van der Waals surface area (Å²) in [4.78, 5) is 0. The summed E-state index contributed by atoms with van der Waals surface area (Å²) in [7, 11) is -3.01. The van der Waals surface area contributed by atoms with Crippen molar-refractivity contribution in [3.8, 4) is 0 Å². The minimum absolute atomic E-state index is 0.219. The van der Waals surface area contributed by atoms with Crippen LogP contribution in [-0.2, 0) is 10.0 Å². The second-order valence-corrected chi connectivity index (χ2v) is 5.53. The van der Waals surface area contributed by atoms with E-state index in [1.165, 1.54) is 12.8 Å². The minimum Gasteiger partial charge on any atom is -0.330 e. The quantitative estimate of drug-likeness (QED) is 0.578. The highest BCUT2D eigenvalue weighted by Crippen LogP contribution is 2.27. The van der Waals surface area contributed by atoms with E-state index in [0.717, 1.165) is 6.42 Å². The van der Waals surface area contributed by atoms with E-state index in [2.05, 4.69) is 4.72 Å². The number of hydrogen-bond acceptors (Lipinski definition) is 3. The Morgan fingerprint density at radius 3 is 2.54 bits per heavy atom. The Balaban J connectivity index is 2.11. The zero-order valence-electron chi connectivity index (χ0n) is 7.83. The van der Waals surface area contributed by atoms with Crippen molar-refractivity contribution in [3.63, 3.8) is 0 Å². The molecule has 0 aromatic heterocycles. The Bertz CT molecular complexity index is 235. The van der Waals surface area contributed by atoms with E-state index in [1.54, 1.807) is 0 Å². The van der Waals surface area contributed by atoms with E-state index in [-0.39, 0.29) is 5.75 Å². The molecule has 0 saturated heterocycles. The van der Waals surface area contributed by atoms with Crippen molar-refractivity contribution in [1.29, 1.82) is 0 Å². The fraction of sp³-hybridized carbons (Fsp3) is 1.00. The van der Waals surface area contributed by atoms with Gasteiger partial charge in [0.25, 0.3) is 0 Å². The summed E-state index contributed by atoms with van der Waals surface area (Å²) in [6.45, 7) is 1.20. The molecule has 1 aliphatic rings. The average molecular weight is 206 g/mol. The molecular formula is C8H18N2O2S. The maximum absolute atomic E-state index is 11.3. The van der Waals surface area contributed by atoms with Crippen molar-refractivity contribution < 1.29 is 8.42 Å². The van der Waals surface area contributed by atoms with Crippen LogP contribution in [0.1, 0.15) is 25.7 Å². The highest BCUT2D eigenvalue weighted by Gasteiger charge is 2.23. The number of hydrogen-bond donors (Lipinski definition) is 2. The lowest BCUT2D eigenvalue weighted by Gasteiger charge is -2.04. The summed E-state index contributed by atoms with van der Waals surface area (Å²) in [6.07, 6.45) is 3.79. The average Bonchev–Trinajstić information content (AvgIpc) is 2.84. The van der Waals surface area contributed by atoms with Crippen LogP contribution in [0.25, 0.3) is 0 Å². The van der Waals surface area contributed by atoms with Gasteiger partial charge in [-0.1, -0.05) is 0 Å². The molecule has 13 heavy (non-hydrogen) atoms. The molecule has 0 radical (unpaired) electrons. The van der Waals surface area contributed by atoms with Crippen LogP contribution < -0.4 is 10.5 Å². The smallest absolute Gasteiger partial charge is 0.211 e. The van der Waals surface area contributed by atoms with Crippen molar-refractivity contribution >= 4 is 10.0 Å². The van der Waals surface area contributed by atoms with Gasteiger partial charge in [0.2, 0.25) is 10.0 Å². The van der Waals surface area contributed by atoms with Crippen LogP contribution >= 0.6 is 0 Å². The first kappa shape index (κ1) is 10.9. The van der Waals surface area contributed by atoms with E-state index in [0.29, 0.717) is 25.4 Å². The summed E-state index contributed by atoms with van der Waals surface area (Å²) in [5.74, 6) is 0.820. The molecule has 5 heteroatoms. The number of rotatable bonds is 7. The van der Waals surface area contributed by atoms with Crippen LogP contribution in [-0.4, -0.2) is 27.3 Å². The summed E-state index contributed by atoms with van der Waals surface area (Å²) in [5, 5.41) is 0. The first-order chi connectivity index (χ1) is 6.14. The summed E-state index contributed by atoms with van der Waals surface area (Å²) >= 11 is 0. The van der Waals surface area contributed by atoms with E-state index in [9.17, 15) is 8.42 Å². The third kappa shape index (κ3) is 5.23. The molecule has 0 unspecified atom stereocenters. The van der Waals surface area contributed by atoms with Gasteiger partial charge in [-0.15, -0.1) is 0 Å². The lowest BCUT2D eigenvalue weighted by atomic mass is 10.3. The Hall–Kier alpha value is -0.130. The van der Waals surface area contributed by atoms with E-state index in [4.69, 9.17) is 5.73 Å². The van der Waals surface area contributed by atoms with Crippen molar-refractivity contribution in [2.24, 2.45) is 11.7 Å². The van der Waals surface area contributed by atoms with Gasteiger partial charge in [-0.2, -0.15) is 0 Å². The SMILES string of the molecule is NCCCCS(=O)(=O)NCC1CC1. The van der Waals surface area contributed by atoms with Gasteiger partial charge in [-0.05, 0) is 38.1 Å². The van der Waals surface area contributed by atoms with Crippen LogP contribution in [0.3, 0.4) is 0 Å². The van der Waals surface area contributed by atoms with Crippen LogP contribution in [0, 0.1) is 5.92 Å². The van der Waals surface area contributed by atoms with Gasteiger partial charge in [0, 0.05) is 6.54 Å². The Morgan fingerprint density at radius 1 is 1.31 bits per heavy atom. The van der Waals surface area contributed by atoms with Crippen LogP contribution in [0.4, 0.5) is 0 Å². The monoisotopic (exact) mass is 206 g/mol.